The average Bonchev–Trinajstić information content (AvgIpc) is 3.04. The van der Waals surface area contributed by atoms with Gasteiger partial charge in [-0.05, 0) is 32.9 Å². The molecule has 108 valence electrons. The molecule has 3 rings (SSSR count). The summed E-state index contributed by atoms with van der Waals surface area (Å²) in [4.78, 5) is 16.2. The van der Waals surface area contributed by atoms with E-state index in [4.69, 9.17) is 9.15 Å². The zero-order valence-electron chi connectivity index (χ0n) is 12.3. The summed E-state index contributed by atoms with van der Waals surface area (Å²) in [7, 11) is 1.84. The number of hydrogen-bond donors (Lipinski definition) is 0. The molecule has 0 amide bonds. The normalized spacial score (nSPS) is 16.5. The number of hydrogen-bond acceptors (Lipinski definition) is 5. The Hall–Kier alpha value is -2.63. The zero-order valence-corrected chi connectivity index (χ0v) is 12.3. The first kappa shape index (κ1) is 13.4. The van der Waals surface area contributed by atoms with Crippen molar-refractivity contribution in [3.05, 3.63) is 46.3 Å². The van der Waals surface area contributed by atoms with Crippen molar-refractivity contribution in [1.82, 2.24) is 9.78 Å². The summed E-state index contributed by atoms with van der Waals surface area (Å²) >= 11 is 0. The summed E-state index contributed by atoms with van der Waals surface area (Å²) in [5, 5.41) is 4.13. The van der Waals surface area contributed by atoms with Gasteiger partial charge in [0.05, 0.1) is 11.8 Å². The van der Waals surface area contributed by atoms with Crippen LogP contribution in [0.1, 0.15) is 28.3 Å². The molecule has 1 aliphatic heterocycles. The molecule has 0 spiro atoms. The van der Waals surface area contributed by atoms with Crippen LogP contribution in [0.25, 0.3) is 6.08 Å². The molecular formula is C15H15N3O3. The van der Waals surface area contributed by atoms with E-state index in [1.54, 1.807) is 23.0 Å². The van der Waals surface area contributed by atoms with Crippen molar-refractivity contribution in [3.8, 4) is 0 Å². The SMILES string of the molecule is Cc1cc(C2=N/C(=C\c3cnn(C)c3C)C(=O)O2)c(C)o1. The zero-order chi connectivity index (χ0) is 15.1. The van der Waals surface area contributed by atoms with Gasteiger partial charge < -0.3 is 9.15 Å². The monoisotopic (exact) mass is 285 g/mol. The highest BCUT2D eigenvalue weighted by atomic mass is 16.6. The van der Waals surface area contributed by atoms with Crippen LogP contribution >= 0.6 is 0 Å². The number of aliphatic imine (C=N–C) groups is 1. The minimum absolute atomic E-state index is 0.263. The molecule has 2 aromatic rings. The van der Waals surface area contributed by atoms with Gasteiger partial charge in [0.15, 0.2) is 5.70 Å². The third-order valence-corrected chi connectivity index (χ3v) is 3.46. The maximum Gasteiger partial charge on any atom is 0.363 e. The van der Waals surface area contributed by atoms with Gasteiger partial charge in [-0.2, -0.15) is 5.10 Å². The van der Waals surface area contributed by atoms with E-state index >= 15 is 0 Å². The van der Waals surface area contributed by atoms with Crippen LogP contribution in [0.2, 0.25) is 0 Å². The number of aromatic nitrogens is 2. The molecule has 3 heterocycles. The van der Waals surface area contributed by atoms with Gasteiger partial charge in [-0.3, -0.25) is 4.68 Å². The standard InChI is InChI=1S/C15H15N3O3/c1-8-5-12(10(3)20-8)14-17-13(15(19)21-14)6-11-7-16-18(4)9(11)2/h5-7H,1-4H3/b13-6-. The van der Waals surface area contributed by atoms with E-state index in [-0.39, 0.29) is 11.6 Å². The Morgan fingerprint density at radius 1 is 1.29 bits per heavy atom. The van der Waals surface area contributed by atoms with E-state index in [0.717, 1.165) is 17.0 Å². The molecule has 6 heteroatoms. The fourth-order valence-corrected chi connectivity index (χ4v) is 2.17. The van der Waals surface area contributed by atoms with Crippen LogP contribution in [0.5, 0.6) is 0 Å². The largest absolute Gasteiger partial charge is 0.466 e. The number of furan rings is 1. The summed E-state index contributed by atoms with van der Waals surface area (Å²) < 4.78 is 12.4. The van der Waals surface area contributed by atoms with E-state index in [1.807, 2.05) is 27.8 Å². The van der Waals surface area contributed by atoms with E-state index in [0.29, 0.717) is 11.3 Å². The number of nitrogens with zero attached hydrogens (tertiary/aromatic N) is 3. The summed E-state index contributed by atoms with van der Waals surface area (Å²) in [5.74, 6) is 1.24. The fraction of sp³-hybridized carbons (Fsp3) is 0.267. The molecule has 6 nitrogen and oxygen atoms in total. The van der Waals surface area contributed by atoms with Crippen molar-refractivity contribution < 1.29 is 13.9 Å². The Labute approximate surface area is 121 Å². The summed E-state index contributed by atoms with van der Waals surface area (Å²) in [6, 6.07) is 1.81. The minimum Gasteiger partial charge on any atom is -0.466 e. The number of rotatable bonds is 2. The van der Waals surface area contributed by atoms with E-state index in [1.165, 1.54) is 0 Å². The molecule has 0 atom stereocenters. The van der Waals surface area contributed by atoms with Gasteiger partial charge in [0.25, 0.3) is 0 Å². The molecule has 0 N–H and O–H groups in total. The molecule has 0 saturated heterocycles. The van der Waals surface area contributed by atoms with Gasteiger partial charge in [-0.1, -0.05) is 0 Å². The van der Waals surface area contributed by atoms with Crippen molar-refractivity contribution in [2.45, 2.75) is 20.8 Å². The van der Waals surface area contributed by atoms with E-state index in [2.05, 4.69) is 10.1 Å². The Balaban J connectivity index is 1.99. The summed E-state index contributed by atoms with van der Waals surface area (Å²) in [5.41, 5.74) is 2.76. The maximum atomic E-state index is 11.9. The first-order valence-electron chi connectivity index (χ1n) is 6.54. The molecule has 1 aliphatic rings. The Kier molecular flexibility index (Phi) is 3.01. The molecule has 21 heavy (non-hydrogen) atoms. The number of ether oxygens (including phenoxy) is 1. The third-order valence-electron chi connectivity index (χ3n) is 3.46. The first-order valence-corrected chi connectivity index (χ1v) is 6.54. The lowest BCUT2D eigenvalue weighted by Crippen LogP contribution is -2.05. The van der Waals surface area contributed by atoms with E-state index in [9.17, 15) is 4.79 Å². The Morgan fingerprint density at radius 2 is 2.05 bits per heavy atom. The van der Waals surface area contributed by atoms with Crippen LogP contribution in [-0.4, -0.2) is 21.6 Å². The van der Waals surface area contributed by atoms with Crippen molar-refractivity contribution in [1.29, 1.82) is 0 Å². The topological polar surface area (TPSA) is 69.6 Å². The molecule has 0 aromatic carbocycles. The second-order valence-electron chi connectivity index (χ2n) is 4.97. The second-order valence-corrected chi connectivity index (χ2v) is 4.97. The molecular weight excluding hydrogens is 270 g/mol. The lowest BCUT2D eigenvalue weighted by Gasteiger charge is -1.95. The number of cyclic esters (lactones) is 1. The summed E-state index contributed by atoms with van der Waals surface area (Å²) in [6.45, 7) is 5.57. The van der Waals surface area contributed by atoms with Crippen molar-refractivity contribution in [2.24, 2.45) is 12.0 Å². The van der Waals surface area contributed by atoms with E-state index < -0.39 is 5.97 Å². The number of esters is 1. The molecule has 0 saturated carbocycles. The van der Waals surface area contributed by atoms with Crippen molar-refractivity contribution >= 4 is 17.9 Å². The Bertz CT molecular complexity index is 793. The molecule has 0 bridgehead atoms. The molecule has 0 unspecified atom stereocenters. The highest BCUT2D eigenvalue weighted by Crippen LogP contribution is 2.23. The summed E-state index contributed by atoms with van der Waals surface area (Å²) in [6.07, 6.45) is 3.37. The number of carbonyl (C=O) groups excluding carboxylic acids is 1. The van der Waals surface area contributed by atoms with Crippen LogP contribution in [-0.2, 0) is 16.6 Å². The van der Waals surface area contributed by atoms with Crippen LogP contribution in [0.3, 0.4) is 0 Å². The van der Waals surface area contributed by atoms with Gasteiger partial charge in [0.1, 0.15) is 11.5 Å². The molecule has 0 fully saturated rings. The lowest BCUT2D eigenvalue weighted by molar-refractivity contribution is -0.129. The molecule has 0 aliphatic carbocycles. The number of carbonyl (C=O) groups is 1. The number of aryl methyl sites for hydroxylation is 3. The van der Waals surface area contributed by atoms with Gasteiger partial charge >= 0.3 is 5.97 Å². The second kappa shape index (κ2) is 4.73. The van der Waals surface area contributed by atoms with Crippen LogP contribution in [0.15, 0.2) is 27.4 Å². The van der Waals surface area contributed by atoms with Crippen molar-refractivity contribution in [3.63, 3.8) is 0 Å². The lowest BCUT2D eigenvalue weighted by atomic mass is 10.2. The molecule has 2 aromatic heterocycles. The predicted octanol–water partition coefficient (Wildman–Crippen LogP) is 2.28. The van der Waals surface area contributed by atoms with Gasteiger partial charge in [-0.15, -0.1) is 0 Å². The average molecular weight is 285 g/mol. The van der Waals surface area contributed by atoms with Gasteiger partial charge in [0, 0.05) is 18.3 Å². The fourth-order valence-electron chi connectivity index (χ4n) is 2.17. The quantitative estimate of drug-likeness (QED) is 0.627. The first-order chi connectivity index (χ1) is 9.95. The molecule has 0 radical (unpaired) electrons. The predicted molar refractivity (Wildman–Crippen MR) is 76.7 cm³/mol. The highest BCUT2D eigenvalue weighted by Gasteiger charge is 2.27. The van der Waals surface area contributed by atoms with Gasteiger partial charge in [-0.25, -0.2) is 9.79 Å². The van der Waals surface area contributed by atoms with Crippen molar-refractivity contribution in [2.75, 3.05) is 0 Å². The van der Waals surface area contributed by atoms with Crippen LogP contribution in [0, 0.1) is 20.8 Å². The smallest absolute Gasteiger partial charge is 0.363 e. The van der Waals surface area contributed by atoms with Gasteiger partial charge in [0.2, 0.25) is 5.90 Å². The van der Waals surface area contributed by atoms with Crippen LogP contribution in [0.4, 0.5) is 0 Å². The van der Waals surface area contributed by atoms with Crippen LogP contribution < -0.4 is 0 Å². The Morgan fingerprint density at radius 3 is 2.62 bits per heavy atom. The minimum atomic E-state index is -0.466. The maximum absolute atomic E-state index is 11.9. The highest BCUT2D eigenvalue weighted by molar-refractivity contribution is 6.13. The third kappa shape index (κ3) is 2.29.